The minimum atomic E-state index is 0.284. The number of rotatable bonds is 5. The topological polar surface area (TPSA) is 41.6 Å². The van der Waals surface area contributed by atoms with E-state index < -0.39 is 0 Å². The number of para-hydroxylation sites is 1. The van der Waals surface area contributed by atoms with E-state index in [0.717, 1.165) is 43.8 Å². The average Bonchev–Trinajstić information content (AvgIpc) is 2.65. The van der Waals surface area contributed by atoms with E-state index in [4.69, 9.17) is 4.74 Å². The Morgan fingerprint density at radius 3 is 2.96 bits per heavy atom. The molecule has 2 heterocycles. The Morgan fingerprint density at radius 2 is 2.17 bits per heavy atom. The Labute approximate surface area is 144 Å². The van der Waals surface area contributed by atoms with E-state index >= 15 is 0 Å². The molecule has 0 bridgehead atoms. The zero-order chi connectivity index (χ0) is 16.9. The largest absolute Gasteiger partial charge is 0.489 e. The van der Waals surface area contributed by atoms with Gasteiger partial charge in [0.1, 0.15) is 12.4 Å². The second-order valence-electron chi connectivity index (χ2n) is 6.77. The maximum absolute atomic E-state index is 11.9. The first-order chi connectivity index (χ1) is 11.7. The first-order valence-electron chi connectivity index (χ1n) is 9.13. The highest BCUT2D eigenvalue weighted by molar-refractivity contribution is 5.75. The van der Waals surface area contributed by atoms with Crippen LogP contribution < -0.4 is 10.1 Å². The van der Waals surface area contributed by atoms with Crippen LogP contribution in [0, 0.1) is 5.92 Å². The Balaban J connectivity index is 1.57. The first kappa shape index (κ1) is 17.0. The van der Waals surface area contributed by atoms with Crippen LogP contribution in [0.4, 0.5) is 0 Å². The molecule has 0 radical (unpaired) electrons. The maximum Gasteiger partial charge on any atom is 0.222 e. The number of hydrogen-bond donors (Lipinski definition) is 1. The van der Waals surface area contributed by atoms with E-state index in [9.17, 15) is 4.79 Å². The second-order valence-corrected chi connectivity index (χ2v) is 6.77. The van der Waals surface area contributed by atoms with Gasteiger partial charge in [0.05, 0.1) is 0 Å². The molecule has 1 aromatic carbocycles. The summed E-state index contributed by atoms with van der Waals surface area (Å²) in [5, 5.41) is 3.71. The highest BCUT2D eigenvalue weighted by atomic mass is 16.5. The van der Waals surface area contributed by atoms with Gasteiger partial charge in [-0.15, -0.1) is 0 Å². The Morgan fingerprint density at radius 1 is 1.33 bits per heavy atom. The molecule has 0 aliphatic carbocycles. The van der Waals surface area contributed by atoms with Crippen molar-refractivity contribution in [3.05, 3.63) is 35.4 Å². The number of likely N-dealkylation sites (tertiary alicyclic amines) is 1. The SMILES string of the molecule is CCC(=O)N1CC[C@H](NCC2=Cc3ccccc3OC2)[C@H](CC)C1. The highest BCUT2D eigenvalue weighted by Crippen LogP contribution is 2.26. The van der Waals surface area contributed by atoms with Gasteiger partial charge in [-0.05, 0) is 30.1 Å². The van der Waals surface area contributed by atoms with Crippen LogP contribution in [0.25, 0.3) is 6.08 Å². The zero-order valence-electron chi connectivity index (χ0n) is 14.8. The minimum absolute atomic E-state index is 0.284. The Hall–Kier alpha value is -1.81. The number of nitrogens with zero attached hydrogens (tertiary/aromatic N) is 1. The number of carbonyl (C=O) groups is 1. The summed E-state index contributed by atoms with van der Waals surface area (Å²) in [7, 11) is 0. The molecule has 24 heavy (non-hydrogen) atoms. The summed E-state index contributed by atoms with van der Waals surface area (Å²) in [6.07, 6.45) is 4.99. The summed E-state index contributed by atoms with van der Waals surface area (Å²) in [5.74, 6) is 1.79. The molecule has 2 aliphatic rings. The van der Waals surface area contributed by atoms with Gasteiger partial charge in [0, 0.05) is 37.7 Å². The number of fused-ring (bicyclic) bond motifs is 1. The quantitative estimate of drug-likeness (QED) is 0.903. The predicted molar refractivity (Wildman–Crippen MR) is 97.0 cm³/mol. The van der Waals surface area contributed by atoms with Gasteiger partial charge in [0.2, 0.25) is 5.91 Å². The van der Waals surface area contributed by atoms with Gasteiger partial charge < -0.3 is 15.0 Å². The van der Waals surface area contributed by atoms with Gasteiger partial charge in [0.15, 0.2) is 0 Å². The van der Waals surface area contributed by atoms with Crippen LogP contribution in [0.1, 0.15) is 38.7 Å². The van der Waals surface area contributed by atoms with Gasteiger partial charge in [-0.1, -0.05) is 38.5 Å². The normalized spacial score (nSPS) is 23.2. The molecule has 1 fully saturated rings. The van der Waals surface area contributed by atoms with E-state index in [1.165, 1.54) is 5.57 Å². The first-order valence-corrected chi connectivity index (χ1v) is 9.13. The van der Waals surface area contributed by atoms with Gasteiger partial charge in [-0.2, -0.15) is 0 Å². The summed E-state index contributed by atoms with van der Waals surface area (Å²) in [4.78, 5) is 14.0. The monoisotopic (exact) mass is 328 g/mol. The van der Waals surface area contributed by atoms with Gasteiger partial charge >= 0.3 is 0 Å². The van der Waals surface area contributed by atoms with Crippen LogP contribution in [0.3, 0.4) is 0 Å². The van der Waals surface area contributed by atoms with E-state index in [-0.39, 0.29) is 5.91 Å². The van der Waals surface area contributed by atoms with Crippen molar-refractivity contribution in [2.75, 3.05) is 26.2 Å². The molecule has 1 N–H and O–H groups in total. The third-order valence-electron chi connectivity index (χ3n) is 5.20. The van der Waals surface area contributed by atoms with Crippen LogP contribution in [0.2, 0.25) is 0 Å². The molecule has 130 valence electrons. The van der Waals surface area contributed by atoms with Crippen molar-refractivity contribution in [1.29, 1.82) is 0 Å². The fraction of sp³-hybridized carbons (Fsp3) is 0.550. The molecule has 4 nitrogen and oxygen atoms in total. The molecule has 0 saturated carbocycles. The average molecular weight is 328 g/mol. The van der Waals surface area contributed by atoms with Gasteiger partial charge in [-0.25, -0.2) is 0 Å². The van der Waals surface area contributed by atoms with Crippen LogP contribution >= 0.6 is 0 Å². The van der Waals surface area contributed by atoms with Crippen molar-refractivity contribution in [3.63, 3.8) is 0 Å². The number of piperidine rings is 1. The van der Waals surface area contributed by atoms with Crippen molar-refractivity contribution in [3.8, 4) is 5.75 Å². The van der Waals surface area contributed by atoms with Crippen molar-refractivity contribution in [2.24, 2.45) is 5.92 Å². The molecule has 2 aliphatic heterocycles. The molecule has 0 spiro atoms. The minimum Gasteiger partial charge on any atom is -0.489 e. The zero-order valence-corrected chi connectivity index (χ0v) is 14.8. The standard InChI is InChI=1S/C20H28N2O2/c1-3-16-13-22(20(23)4-2)10-9-18(16)21-12-15-11-17-7-5-6-8-19(17)24-14-15/h5-8,11,16,18,21H,3-4,9-10,12-14H2,1-2H3/t16-,18+/m1/s1. The molecule has 0 unspecified atom stereocenters. The summed E-state index contributed by atoms with van der Waals surface area (Å²) in [6, 6.07) is 8.64. The van der Waals surface area contributed by atoms with Crippen molar-refractivity contribution >= 4 is 12.0 Å². The Bertz CT molecular complexity index is 611. The number of nitrogens with one attached hydrogen (secondary N) is 1. The van der Waals surface area contributed by atoms with Gasteiger partial charge in [-0.3, -0.25) is 4.79 Å². The second kappa shape index (κ2) is 7.84. The predicted octanol–water partition coefficient (Wildman–Crippen LogP) is 3.09. The molecule has 4 heteroatoms. The van der Waals surface area contributed by atoms with Crippen LogP contribution in [0.15, 0.2) is 29.8 Å². The van der Waals surface area contributed by atoms with E-state index in [1.807, 2.05) is 30.0 Å². The summed E-state index contributed by atoms with van der Waals surface area (Å²) in [5.41, 5.74) is 2.45. The summed E-state index contributed by atoms with van der Waals surface area (Å²) < 4.78 is 5.83. The molecular weight excluding hydrogens is 300 g/mol. The fourth-order valence-corrected chi connectivity index (χ4v) is 3.69. The van der Waals surface area contributed by atoms with Gasteiger partial charge in [0.25, 0.3) is 0 Å². The number of ether oxygens (including phenoxy) is 1. The van der Waals surface area contributed by atoms with Crippen molar-refractivity contribution in [2.45, 2.75) is 39.2 Å². The van der Waals surface area contributed by atoms with E-state index in [1.54, 1.807) is 0 Å². The Kier molecular flexibility index (Phi) is 5.56. The maximum atomic E-state index is 11.9. The molecule has 1 saturated heterocycles. The van der Waals surface area contributed by atoms with Crippen LogP contribution in [0.5, 0.6) is 5.75 Å². The van der Waals surface area contributed by atoms with Crippen molar-refractivity contribution < 1.29 is 9.53 Å². The molecule has 1 aromatic rings. The lowest BCUT2D eigenvalue weighted by molar-refractivity contribution is -0.133. The number of amides is 1. The fourth-order valence-electron chi connectivity index (χ4n) is 3.69. The third-order valence-corrected chi connectivity index (χ3v) is 5.20. The highest BCUT2D eigenvalue weighted by Gasteiger charge is 2.29. The molecule has 3 rings (SSSR count). The van der Waals surface area contributed by atoms with E-state index in [2.05, 4.69) is 24.4 Å². The molecule has 1 amide bonds. The number of benzene rings is 1. The summed E-state index contributed by atoms with van der Waals surface area (Å²) >= 11 is 0. The number of carbonyl (C=O) groups excluding carboxylic acids is 1. The third kappa shape index (κ3) is 3.81. The van der Waals surface area contributed by atoms with Crippen molar-refractivity contribution in [1.82, 2.24) is 10.2 Å². The lowest BCUT2D eigenvalue weighted by atomic mass is 9.89. The number of hydrogen-bond acceptors (Lipinski definition) is 3. The lowest BCUT2D eigenvalue weighted by Gasteiger charge is -2.39. The molecule has 2 atom stereocenters. The smallest absolute Gasteiger partial charge is 0.222 e. The van der Waals surface area contributed by atoms with Crippen LogP contribution in [-0.2, 0) is 4.79 Å². The lowest BCUT2D eigenvalue weighted by Crippen LogP contribution is -2.51. The van der Waals surface area contributed by atoms with E-state index in [0.29, 0.717) is 25.0 Å². The van der Waals surface area contributed by atoms with Crippen LogP contribution in [-0.4, -0.2) is 43.1 Å². The summed E-state index contributed by atoms with van der Waals surface area (Å²) in [6.45, 7) is 7.45. The molecular formula is C20H28N2O2. The molecule has 0 aromatic heterocycles.